The standard InChI is InChI=1S/C17H23N3O/c1-11-6-7-14(13(8-11)17(3,4)5)21-10-16-19-12(2)9-15(18)20-16/h6-9H,10H2,1-5H3,(H2,18,19,20). The van der Waals surface area contributed by atoms with Crippen molar-refractivity contribution in [3.8, 4) is 5.75 Å². The predicted molar refractivity (Wildman–Crippen MR) is 85.4 cm³/mol. The van der Waals surface area contributed by atoms with E-state index in [0.717, 1.165) is 11.4 Å². The van der Waals surface area contributed by atoms with E-state index in [0.29, 0.717) is 18.2 Å². The van der Waals surface area contributed by atoms with E-state index in [1.54, 1.807) is 6.07 Å². The van der Waals surface area contributed by atoms with Gasteiger partial charge in [0, 0.05) is 11.8 Å². The summed E-state index contributed by atoms with van der Waals surface area (Å²) < 4.78 is 5.93. The van der Waals surface area contributed by atoms with Crippen molar-refractivity contribution < 1.29 is 4.74 Å². The first-order valence-electron chi connectivity index (χ1n) is 7.09. The first-order chi connectivity index (χ1) is 9.75. The van der Waals surface area contributed by atoms with Gasteiger partial charge < -0.3 is 10.5 Å². The third-order valence-corrected chi connectivity index (χ3v) is 3.22. The van der Waals surface area contributed by atoms with Crippen LogP contribution in [0.3, 0.4) is 0 Å². The Labute approximate surface area is 126 Å². The van der Waals surface area contributed by atoms with Crippen LogP contribution >= 0.6 is 0 Å². The summed E-state index contributed by atoms with van der Waals surface area (Å²) in [5.74, 6) is 1.95. The van der Waals surface area contributed by atoms with Gasteiger partial charge in [0.1, 0.15) is 18.2 Å². The molecule has 0 aliphatic heterocycles. The number of aromatic nitrogens is 2. The normalized spacial score (nSPS) is 11.5. The minimum absolute atomic E-state index is 0.0217. The topological polar surface area (TPSA) is 61.0 Å². The zero-order valence-electron chi connectivity index (χ0n) is 13.4. The Morgan fingerprint density at radius 1 is 1.10 bits per heavy atom. The van der Waals surface area contributed by atoms with Gasteiger partial charge in [-0.1, -0.05) is 38.5 Å². The third-order valence-electron chi connectivity index (χ3n) is 3.22. The number of anilines is 1. The second kappa shape index (κ2) is 5.72. The highest BCUT2D eigenvalue weighted by Gasteiger charge is 2.19. The quantitative estimate of drug-likeness (QED) is 0.936. The van der Waals surface area contributed by atoms with Crippen LogP contribution in [0.5, 0.6) is 5.75 Å². The van der Waals surface area contributed by atoms with Crippen LogP contribution in [-0.2, 0) is 12.0 Å². The van der Waals surface area contributed by atoms with Crippen LogP contribution in [-0.4, -0.2) is 9.97 Å². The summed E-state index contributed by atoms with van der Waals surface area (Å²) in [5.41, 5.74) is 9.02. The molecule has 112 valence electrons. The predicted octanol–water partition coefficient (Wildman–Crippen LogP) is 3.55. The molecule has 2 N–H and O–H groups in total. The van der Waals surface area contributed by atoms with Gasteiger partial charge in [0.2, 0.25) is 0 Å². The molecule has 1 aromatic heterocycles. The smallest absolute Gasteiger partial charge is 0.168 e. The third kappa shape index (κ3) is 3.94. The summed E-state index contributed by atoms with van der Waals surface area (Å²) in [5, 5.41) is 0. The van der Waals surface area contributed by atoms with Crippen LogP contribution in [0.25, 0.3) is 0 Å². The summed E-state index contributed by atoms with van der Waals surface area (Å²) in [6.45, 7) is 10.8. The number of nitrogen functional groups attached to an aromatic ring is 1. The molecule has 0 unspecified atom stereocenters. The molecule has 0 spiro atoms. The van der Waals surface area contributed by atoms with E-state index in [9.17, 15) is 0 Å². The van der Waals surface area contributed by atoms with Crippen LogP contribution < -0.4 is 10.5 Å². The maximum absolute atomic E-state index is 5.93. The lowest BCUT2D eigenvalue weighted by molar-refractivity contribution is 0.287. The number of aryl methyl sites for hydroxylation is 2. The van der Waals surface area contributed by atoms with Crippen molar-refractivity contribution in [2.75, 3.05) is 5.73 Å². The van der Waals surface area contributed by atoms with E-state index in [1.807, 2.05) is 13.0 Å². The van der Waals surface area contributed by atoms with Gasteiger partial charge in [-0.3, -0.25) is 0 Å². The van der Waals surface area contributed by atoms with Crippen LogP contribution in [0.2, 0.25) is 0 Å². The highest BCUT2D eigenvalue weighted by atomic mass is 16.5. The first-order valence-corrected chi connectivity index (χ1v) is 7.09. The number of nitrogens with zero attached hydrogens (tertiary/aromatic N) is 2. The van der Waals surface area contributed by atoms with Crippen LogP contribution in [0.1, 0.15) is 43.4 Å². The number of benzene rings is 1. The van der Waals surface area contributed by atoms with E-state index in [4.69, 9.17) is 10.5 Å². The van der Waals surface area contributed by atoms with Crippen molar-refractivity contribution in [1.29, 1.82) is 0 Å². The average Bonchev–Trinajstić information content (AvgIpc) is 2.35. The zero-order valence-corrected chi connectivity index (χ0v) is 13.4. The summed E-state index contributed by atoms with van der Waals surface area (Å²) in [7, 11) is 0. The van der Waals surface area contributed by atoms with Gasteiger partial charge >= 0.3 is 0 Å². The molecular weight excluding hydrogens is 262 g/mol. The molecule has 21 heavy (non-hydrogen) atoms. The molecule has 1 heterocycles. The largest absolute Gasteiger partial charge is 0.485 e. The Bertz CT molecular complexity index is 625. The SMILES string of the molecule is Cc1ccc(OCc2nc(C)cc(N)n2)c(C(C)(C)C)c1. The molecule has 0 atom stereocenters. The molecule has 4 heteroatoms. The molecule has 0 aliphatic rings. The minimum atomic E-state index is 0.0217. The second-order valence-electron chi connectivity index (χ2n) is 6.39. The average molecular weight is 285 g/mol. The first kappa shape index (κ1) is 15.3. The molecule has 0 amide bonds. The Morgan fingerprint density at radius 3 is 2.43 bits per heavy atom. The fourth-order valence-electron chi connectivity index (χ4n) is 2.22. The molecule has 2 rings (SSSR count). The van der Waals surface area contributed by atoms with E-state index in [2.05, 4.69) is 49.8 Å². The maximum atomic E-state index is 5.93. The monoisotopic (exact) mass is 285 g/mol. The molecule has 0 saturated carbocycles. The van der Waals surface area contributed by atoms with Crippen LogP contribution in [0.4, 0.5) is 5.82 Å². The fourth-order valence-corrected chi connectivity index (χ4v) is 2.22. The van der Waals surface area contributed by atoms with Gasteiger partial charge in [-0.15, -0.1) is 0 Å². The molecule has 1 aromatic carbocycles. The van der Waals surface area contributed by atoms with Gasteiger partial charge in [-0.05, 0) is 30.9 Å². The van der Waals surface area contributed by atoms with Crippen LogP contribution in [0.15, 0.2) is 24.3 Å². The lowest BCUT2D eigenvalue weighted by atomic mass is 9.85. The molecule has 0 aliphatic carbocycles. The van der Waals surface area contributed by atoms with Gasteiger partial charge in [0.05, 0.1) is 0 Å². The van der Waals surface area contributed by atoms with E-state index in [1.165, 1.54) is 11.1 Å². The lowest BCUT2D eigenvalue weighted by Gasteiger charge is -2.23. The van der Waals surface area contributed by atoms with Crippen molar-refractivity contribution in [3.05, 3.63) is 46.9 Å². The molecular formula is C17H23N3O. The summed E-state index contributed by atoms with van der Waals surface area (Å²) in [4.78, 5) is 8.54. The molecule has 4 nitrogen and oxygen atoms in total. The van der Waals surface area contributed by atoms with Crippen LogP contribution in [0, 0.1) is 13.8 Å². The molecule has 0 radical (unpaired) electrons. The Morgan fingerprint density at radius 2 is 1.81 bits per heavy atom. The van der Waals surface area contributed by atoms with E-state index >= 15 is 0 Å². The summed E-state index contributed by atoms with van der Waals surface area (Å²) in [6.07, 6.45) is 0. The highest BCUT2D eigenvalue weighted by molar-refractivity contribution is 5.41. The highest BCUT2D eigenvalue weighted by Crippen LogP contribution is 2.32. The lowest BCUT2D eigenvalue weighted by Crippen LogP contribution is -2.14. The van der Waals surface area contributed by atoms with E-state index < -0.39 is 0 Å². The van der Waals surface area contributed by atoms with Crippen molar-refractivity contribution in [1.82, 2.24) is 9.97 Å². The molecule has 0 bridgehead atoms. The van der Waals surface area contributed by atoms with Crippen molar-refractivity contribution in [2.45, 2.75) is 46.6 Å². The number of hydrogen-bond donors (Lipinski definition) is 1. The summed E-state index contributed by atoms with van der Waals surface area (Å²) in [6, 6.07) is 7.97. The molecule has 0 saturated heterocycles. The van der Waals surface area contributed by atoms with Gasteiger partial charge in [0.25, 0.3) is 0 Å². The number of rotatable bonds is 3. The maximum Gasteiger partial charge on any atom is 0.168 e. The van der Waals surface area contributed by atoms with Crippen molar-refractivity contribution in [2.24, 2.45) is 0 Å². The zero-order chi connectivity index (χ0) is 15.6. The van der Waals surface area contributed by atoms with E-state index in [-0.39, 0.29) is 5.41 Å². The summed E-state index contributed by atoms with van der Waals surface area (Å²) >= 11 is 0. The number of hydrogen-bond acceptors (Lipinski definition) is 4. The minimum Gasteiger partial charge on any atom is -0.485 e. The molecule has 2 aromatic rings. The van der Waals surface area contributed by atoms with Crippen molar-refractivity contribution in [3.63, 3.8) is 0 Å². The van der Waals surface area contributed by atoms with Gasteiger partial charge in [-0.2, -0.15) is 0 Å². The van der Waals surface area contributed by atoms with Gasteiger partial charge in [-0.25, -0.2) is 9.97 Å². The van der Waals surface area contributed by atoms with Gasteiger partial charge in [0.15, 0.2) is 5.82 Å². The fraction of sp³-hybridized carbons (Fsp3) is 0.412. The Balaban J connectivity index is 2.24. The molecule has 0 fully saturated rings. The second-order valence-corrected chi connectivity index (χ2v) is 6.39. The van der Waals surface area contributed by atoms with Crippen molar-refractivity contribution >= 4 is 5.82 Å². The number of nitrogens with two attached hydrogens (primary N) is 1. The Kier molecular flexibility index (Phi) is 4.16. The Hall–Kier alpha value is -2.10. The number of ether oxygens (including phenoxy) is 1.